The molecule has 0 fully saturated rings. The Morgan fingerprint density at radius 2 is 1.94 bits per heavy atom. The second-order valence-corrected chi connectivity index (χ2v) is 4.23. The van der Waals surface area contributed by atoms with Crippen LogP contribution in [0.25, 0.3) is 0 Å². The zero-order valence-corrected chi connectivity index (χ0v) is 10.2. The molecule has 1 N–H and O–H groups in total. The SMILES string of the molecule is Cc1c(C(O)Cc2c(F)cccc2F)cnn1C. The summed E-state index contributed by atoms with van der Waals surface area (Å²) in [7, 11) is 1.75. The van der Waals surface area contributed by atoms with Crippen molar-refractivity contribution in [2.45, 2.75) is 19.4 Å². The summed E-state index contributed by atoms with van der Waals surface area (Å²) < 4.78 is 28.5. The fourth-order valence-electron chi connectivity index (χ4n) is 1.87. The smallest absolute Gasteiger partial charge is 0.129 e. The predicted octanol–water partition coefficient (Wildman–Crippen LogP) is 2.28. The van der Waals surface area contributed by atoms with E-state index in [9.17, 15) is 13.9 Å². The molecule has 18 heavy (non-hydrogen) atoms. The van der Waals surface area contributed by atoms with Gasteiger partial charge in [-0.3, -0.25) is 4.68 Å². The average Bonchev–Trinajstić information content (AvgIpc) is 2.65. The summed E-state index contributed by atoms with van der Waals surface area (Å²) in [5.41, 5.74) is 1.26. The minimum Gasteiger partial charge on any atom is -0.388 e. The minimum atomic E-state index is -0.967. The highest BCUT2D eigenvalue weighted by molar-refractivity contribution is 5.25. The standard InChI is InChI=1S/C13H14F2N2O/c1-8-10(7-16-17(8)2)13(18)6-9-11(14)4-3-5-12(9)15/h3-5,7,13,18H,6H2,1-2H3. The first-order valence-corrected chi connectivity index (χ1v) is 5.60. The molecule has 0 aliphatic rings. The van der Waals surface area contributed by atoms with Crippen molar-refractivity contribution in [2.75, 3.05) is 0 Å². The zero-order valence-electron chi connectivity index (χ0n) is 10.2. The molecule has 0 saturated heterocycles. The summed E-state index contributed by atoms with van der Waals surface area (Å²) >= 11 is 0. The summed E-state index contributed by atoms with van der Waals surface area (Å²) in [6.07, 6.45) is 0.439. The van der Waals surface area contributed by atoms with Crippen molar-refractivity contribution in [1.82, 2.24) is 9.78 Å². The van der Waals surface area contributed by atoms with Crippen LogP contribution in [-0.4, -0.2) is 14.9 Å². The molecule has 0 amide bonds. The summed E-state index contributed by atoms with van der Waals surface area (Å²) in [4.78, 5) is 0. The van der Waals surface area contributed by atoms with Crippen LogP contribution >= 0.6 is 0 Å². The molecule has 0 radical (unpaired) electrons. The van der Waals surface area contributed by atoms with Gasteiger partial charge in [0.25, 0.3) is 0 Å². The number of rotatable bonds is 3. The van der Waals surface area contributed by atoms with Gasteiger partial charge in [-0.15, -0.1) is 0 Å². The van der Waals surface area contributed by atoms with Crippen LogP contribution < -0.4 is 0 Å². The van der Waals surface area contributed by atoms with E-state index in [1.165, 1.54) is 24.4 Å². The van der Waals surface area contributed by atoms with Crippen molar-refractivity contribution < 1.29 is 13.9 Å². The molecule has 5 heteroatoms. The molecule has 2 rings (SSSR count). The number of nitrogens with zero attached hydrogens (tertiary/aromatic N) is 2. The number of hydrogen-bond acceptors (Lipinski definition) is 2. The van der Waals surface area contributed by atoms with Crippen LogP contribution in [-0.2, 0) is 13.5 Å². The maximum atomic E-state index is 13.5. The summed E-state index contributed by atoms with van der Waals surface area (Å²) in [6.45, 7) is 1.79. The maximum Gasteiger partial charge on any atom is 0.129 e. The Morgan fingerprint density at radius 1 is 1.33 bits per heavy atom. The Balaban J connectivity index is 2.27. The molecule has 1 heterocycles. The van der Waals surface area contributed by atoms with Gasteiger partial charge in [-0.05, 0) is 19.1 Å². The van der Waals surface area contributed by atoms with Gasteiger partial charge >= 0.3 is 0 Å². The van der Waals surface area contributed by atoms with Crippen molar-refractivity contribution in [1.29, 1.82) is 0 Å². The fourth-order valence-corrected chi connectivity index (χ4v) is 1.87. The van der Waals surface area contributed by atoms with Gasteiger partial charge in [0.05, 0.1) is 12.3 Å². The number of aliphatic hydroxyl groups is 1. The molecule has 0 saturated carbocycles. The highest BCUT2D eigenvalue weighted by Crippen LogP contribution is 2.23. The third-order valence-electron chi connectivity index (χ3n) is 3.09. The lowest BCUT2D eigenvalue weighted by atomic mass is 10.0. The van der Waals surface area contributed by atoms with Crippen molar-refractivity contribution in [3.63, 3.8) is 0 Å². The summed E-state index contributed by atoms with van der Waals surface area (Å²) in [6, 6.07) is 3.67. The van der Waals surface area contributed by atoms with Crippen molar-refractivity contribution in [3.8, 4) is 0 Å². The van der Waals surface area contributed by atoms with Crippen LogP contribution in [0.5, 0.6) is 0 Å². The number of aliphatic hydroxyl groups excluding tert-OH is 1. The van der Waals surface area contributed by atoms with E-state index in [4.69, 9.17) is 0 Å². The fraction of sp³-hybridized carbons (Fsp3) is 0.308. The van der Waals surface area contributed by atoms with Gasteiger partial charge in [-0.25, -0.2) is 8.78 Å². The second-order valence-electron chi connectivity index (χ2n) is 4.23. The van der Waals surface area contributed by atoms with E-state index in [2.05, 4.69) is 5.10 Å². The average molecular weight is 252 g/mol. The lowest BCUT2D eigenvalue weighted by Gasteiger charge is -2.11. The van der Waals surface area contributed by atoms with Gasteiger partial charge in [0.1, 0.15) is 11.6 Å². The Labute approximate surface area is 104 Å². The number of aryl methyl sites for hydroxylation is 1. The second kappa shape index (κ2) is 4.86. The van der Waals surface area contributed by atoms with Crippen molar-refractivity contribution in [2.24, 2.45) is 7.05 Å². The molecule has 2 aromatic rings. The number of halogens is 2. The van der Waals surface area contributed by atoms with E-state index in [1.807, 2.05) is 0 Å². The van der Waals surface area contributed by atoms with Gasteiger partial charge in [0.2, 0.25) is 0 Å². The van der Waals surface area contributed by atoms with Crippen LogP contribution in [0.1, 0.15) is 22.9 Å². The van der Waals surface area contributed by atoms with Gasteiger partial charge in [0, 0.05) is 30.3 Å². The molecule has 1 unspecified atom stereocenters. The molecular weight excluding hydrogens is 238 g/mol. The minimum absolute atomic E-state index is 0.103. The van der Waals surface area contributed by atoms with E-state index < -0.39 is 17.7 Å². The van der Waals surface area contributed by atoms with Crippen LogP contribution in [0, 0.1) is 18.6 Å². The molecule has 1 aromatic carbocycles. The third kappa shape index (κ3) is 2.26. The monoisotopic (exact) mass is 252 g/mol. The summed E-state index contributed by atoms with van der Waals surface area (Å²) in [5.74, 6) is -1.29. The lowest BCUT2D eigenvalue weighted by molar-refractivity contribution is 0.175. The molecule has 1 atom stereocenters. The number of hydrogen-bond donors (Lipinski definition) is 1. The van der Waals surface area contributed by atoms with E-state index in [0.717, 1.165) is 5.69 Å². The third-order valence-corrected chi connectivity index (χ3v) is 3.09. The molecule has 1 aromatic heterocycles. The highest BCUT2D eigenvalue weighted by atomic mass is 19.1. The van der Waals surface area contributed by atoms with E-state index >= 15 is 0 Å². The van der Waals surface area contributed by atoms with E-state index in [1.54, 1.807) is 18.7 Å². The molecule has 0 aliphatic heterocycles. The van der Waals surface area contributed by atoms with Gasteiger partial charge < -0.3 is 5.11 Å². The first kappa shape index (κ1) is 12.7. The highest BCUT2D eigenvalue weighted by Gasteiger charge is 2.18. The quantitative estimate of drug-likeness (QED) is 0.910. The van der Waals surface area contributed by atoms with Gasteiger partial charge in [-0.1, -0.05) is 6.07 Å². The van der Waals surface area contributed by atoms with E-state index in [0.29, 0.717) is 5.56 Å². The molecule has 96 valence electrons. The van der Waals surface area contributed by atoms with Gasteiger partial charge in [0.15, 0.2) is 0 Å². The van der Waals surface area contributed by atoms with Gasteiger partial charge in [-0.2, -0.15) is 5.10 Å². The molecule has 0 spiro atoms. The first-order valence-electron chi connectivity index (χ1n) is 5.60. The lowest BCUT2D eigenvalue weighted by Crippen LogP contribution is -2.07. The van der Waals surface area contributed by atoms with Crippen LogP contribution in [0.4, 0.5) is 8.78 Å². The predicted molar refractivity (Wildman–Crippen MR) is 63.0 cm³/mol. The normalized spacial score (nSPS) is 12.7. The van der Waals surface area contributed by atoms with Crippen molar-refractivity contribution in [3.05, 3.63) is 52.9 Å². The largest absolute Gasteiger partial charge is 0.388 e. The Kier molecular flexibility index (Phi) is 3.43. The number of aromatic nitrogens is 2. The first-order chi connectivity index (χ1) is 8.50. The molecule has 0 aliphatic carbocycles. The maximum absolute atomic E-state index is 13.5. The van der Waals surface area contributed by atoms with Crippen LogP contribution in [0.3, 0.4) is 0 Å². The Bertz CT molecular complexity index is 546. The number of benzene rings is 1. The summed E-state index contributed by atoms with van der Waals surface area (Å²) in [5, 5.41) is 14.0. The molecular formula is C13H14F2N2O. The molecule has 0 bridgehead atoms. The van der Waals surface area contributed by atoms with Crippen LogP contribution in [0.2, 0.25) is 0 Å². The van der Waals surface area contributed by atoms with E-state index in [-0.39, 0.29) is 12.0 Å². The Hall–Kier alpha value is -1.75. The van der Waals surface area contributed by atoms with Crippen molar-refractivity contribution >= 4 is 0 Å². The zero-order chi connectivity index (χ0) is 13.3. The molecule has 3 nitrogen and oxygen atoms in total. The Morgan fingerprint density at radius 3 is 2.44 bits per heavy atom. The van der Waals surface area contributed by atoms with Crippen LogP contribution in [0.15, 0.2) is 24.4 Å². The topological polar surface area (TPSA) is 38.1 Å².